The van der Waals surface area contributed by atoms with Crippen molar-refractivity contribution in [3.05, 3.63) is 50.6 Å². The van der Waals surface area contributed by atoms with E-state index in [0.29, 0.717) is 24.8 Å². The van der Waals surface area contributed by atoms with E-state index in [9.17, 15) is 19.7 Å². The van der Waals surface area contributed by atoms with E-state index < -0.39 is 16.9 Å². The van der Waals surface area contributed by atoms with Gasteiger partial charge in [-0.3, -0.25) is 19.7 Å². The van der Waals surface area contributed by atoms with Crippen molar-refractivity contribution in [2.24, 2.45) is 5.92 Å². The molecule has 1 fully saturated rings. The van der Waals surface area contributed by atoms with E-state index in [1.165, 1.54) is 12.1 Å². The van der Waals surface area contributed by atoms with Crippen LogP contribution in [0.3, 0.4) is 0 Å². The number of aromatic nitrogens is 2. The van der Waals surface area contributed by atoms with E-state index in [2.05, 4.69) is 15.5 Å². The lowest BCUT2D eigenvalue weighted by Gasteiger charge is -2.35. The summed E-state index contributed by atoms with van der Waals surface area (Å²) in [6.45, 7) is 6.38. The van der Waals surface area contributed by atoms with Crippen LogP contribution in [0.4, 0.5) is 5.69 Å². The number of benzene rings is 1. The van der Waals surface area contributed by atoms with Crippen LogP contribution in [0.5, 0.6) is 0 Å². The molecule has 1 aliphatic rings. The molecule has 2 atom stereocenters. The maximum Gasteiger partial charge on any atom is 0.288 e. The summed E-state index contributed by atoms with van der Waals surface area (Å²) < 4.78 is 5.27. The van der Waals surface area contributed by atoms with Gasteiger partial charge in [-0.2, -0.15) is 4.98 Å². The minimum Gasteiger partial charge on any atom is -0.340 e. The van der Waals surface area contributed by atoms with E-state index >= 15 is 0 Å². The lowest BCUT2D eigenvalue weighted by molar-refractivity contribution is -0.384. The molecule has 2 amide bonds. The van der Waals surface area contributed by atoms with Crippen LogP contribution in [0.1, 0.15) is 54.7 Å². The van der Waals surface area contributed by atoms with Crippen LogP contribution in [0.2, 0.25) is 5.02 Å². The summed E-state index contributed by atoms with van der Waals surface area (Å²) in [6, 6.07) is 3.00. The van der Waals surface area contributed by atoms with Gasteiger partial charge in [0, 0.05) is 24.7 Å². The smallest absolute Gasteiger partial charge is 0.288 e. The number of halogens is 1. The average Bonchev–Trinajstić information content (AvgIpc) is 3.17. The van der Waals surface area contributed by atoms with Crippen molar-refractivity contribution in [3.8, 4) is 0 Å². The standard InChI is InChI=1S/C20H24ClN5O5/c1-11(2)17(23-18(27)13-6-7-15(21)16(9-13)26(29)30)20(28)25-8-4-5-14(10-25)19-22-12(3)24-31-19/h6-7,9,11,14,17H,4-5,8,10H2,1-3H3,(H,23,27). The highest BCUT2D eigenvalue weighted by Gasteiger charge is 2.34. The second-order valence-corrected chi connectivity index (χ2v) is 8.33. The van der Waals surface area contributed by atoms with Crippen molar-refractivity contribution < 1.29 is 19.0 Å². The van der Waals surface area contributed by atoms with Gasteiger partial charge in [0.2, 0.25) is 11.8 Å². The van der Waals surface area contributed by atoms with Crippen molar-refractivity contribution in [2.75, 3.05) is 13.1 Å². The topological polar surface area (TPSA) is 131 Å². The molecule has 2 heterocycles. The summed E-state index contributed by atoms with van der Waals surface area (Å²) in [6.07, 6.45) is 1.61. The van der Waals surface area contributed by atoms with Gasteiger partial charge < -0.3 is 14.7 Å². The number of carbonyl (C=O) groups excluding carboxylic acids is 2. The highest BCUT2D eigenvalue weighted by atomic mass is 35.5. The Balaban J connectivity index is 1.74. The van der Waals surface area contributed by atoms with Crippen LogP contribution in [0.15, 0.2) is 22.7 Å². The molecule has 1 N–H and O–H groups in total. The second-order valence-electron chi connectivity index (χ2n) is 7.92. The summed E-state index contributed by atoms with van der Waals surface area (Å²) >= 11 is 5.82. The number of rotatable bonds is 6. The molecule has 10 nitrogen and oxygen atoms in total. The number of nitro groups is 1. The van der Waals surface area contributed by atoms with Gasteiger partial charge in [-0.05, 0) is 37.8 Å². The third kappa shape index (κ3) is 5.19. The summed E-state index contributed by atoms with van der Waals surface area (Å²) in [5.74, 6) is 0.0168. The fraction of sp³-hybridized carbons (Fsp3) is 0.500. The Morgan fingerprint density at radius 2 is 2.13 bits per heavy atom. The van der Waals surface area contributed by atoms with Crippen molar-refractivity contribution in [3.63, 3.8) is 0 Å². The van der Waals surface area contributed by atoms with E-state index in [-0.39, 0.29) is 34.0 Å². The zero-order valence-corrected chi connectivity index (χ0v) is 18.3. The van der Waals surface area contributed by atoms with Crippen LogP contribution in [-0.2, 0) is 4.79 Å². The summed E-state index contributed by atoms with van der Waals surface area (Å²) in [7, 11) is 0. The number of aryl methyl sites for hydroxylation is 1. The molecule has 31 heavy (non-hydrogen) atoms. The monoisotopic (exact) mass is 449 g/mol. The maximum absolute atomic E-state index is 13.2. The SMILES string of the molecule is Cc1noc(C2CCCN(C(=O)C(NC(=O)c3ccc(Cl)c([N+](=O)[O-])c3)C(C)C)C2)n1. The van der Waals surface area contributed by atoms with E-state index in [1.807, 2.05) is 13.8 Å². The van der Waals surface area contributed by atoms with E-state index in [1.54, 1.807) is 11.8 Å². The van der Waals surface area contributed by atoms with Crippen LogP contribution in [-0.4, -0.2) is 50.9 Å². The quantitative estimate of drug-likeness (QED) is 0.529. The molecule has 1 aromatic heterocycles. The molecule has 1 aliphatic heterocycles. The Kier molecular flexibility index (Phi) is 6.89. The number of nitrogens with zero attached hydrogens (tertiary/aromatic N) is 4. The maximum atomic E-state index is 13.2. The number of amides is 2. The van der Waals surface area contributed by atoms with Crippen LogP contribution in [0, 0.1) is 23.0 Å². The molecule has 11 heteroatoms. The highest BCUT2D eigenvalue weighted by molar-refractivity contribution is 6.32. The Bertz CT molecular complexity index is 992. The van der Waals surface area contributed by atoms with Crippen LogP contribution >= 0.6 is 11.6 Å². The first-order valence-corrected chi connectivity index (χ1v) is 10.4. The minimum absolute atomic E-state index is 0.0543. The molecule has 0 saturated carbocycles. The Labute approximate surface area is 184 Å². The molecule has 0 radical (unpaired) electrons. The Morgan fingerprint density at radius 1 is 1.39 bits per heavy atom. The lowest BCUT2D eigenvalue weighted by atomic mass is 9.95. The fourth-order valence-corrected chi connectivity index (χ4v) is 3.77. The number of hydrogen-bond donors (Lipinski definition) is 1. The molecule has 0 spiro atoms. The molecule has 3 rings (SSSR count). The normalized spacial score (nSPS) is 17.5. The first-order chi connectivity index (χ1) is 14.7. The van der Waals surface area contributed by atoms with Crippen molar-refractivity contribution in [1.82, 2.24) is 20.4 Å². The van der Waals surface area contributed by atoms with Gasteiger partial charge in [0.25, 0.3) is 11.6 Å². The van der Waals surface area contributed by atoms with Crippen LogP contribution < -0.4 is 5.32 Å². The third-order valence-electron chi connectivity index (χ3n) is 5.25. The third-order valence-corrected chi connectivity index (χ3v) is 5.57. The number of hydrogen-bond acceptors (Lipinski definition) is 7. The first kappa shape index (κ1) is 22.7. The summed E-state index contributed by atoms with van der Waals surface area (Å²) in [4.78, 5) is 42.4. The number of carbonyl (C=O) groups is 2. The average molecular weight is 450 g/mol. The summed E-state index contributed by atoms with van der Waals surface area (Å²) in [5, 5.41) is 17.6. The number of likely N-dealkylation sites (tertiary alicyclic amines) is 1. The number of nitrogens with one attached hydrogen (secondary N) is 1. The number of nitro benzene ring substituents is 1. The van der Waals surface area contributed by atoms with E-state index in [4.69, 9.17) is 16.1 Å². The molecule has 1 saturated heterocycles. The number of piperidine rings is 1. The van der Waals surface area contributed by atoms with Gasteiger partial charge in [0.15, 0.2) is 5.82 Å². The Hall–Kier alpha value is -3.01. The molecule has 0 aliphatic carbocycles. The van der Waals surface area contributed by atoms with Gasteiger partial charge in [-0.25, -0.2) is 0 Å². The predicted octanol–water partition coefficient (Wildman–Crippen LogP) is 3.10. The molecule has 2 aromatic rings. The van der Waals surface area contributed by atoms with Gasteiger partial charge in [0.1, 0.15) is 11.1 Å². The van der Waals surface area contributed by atoms with Gasteiger partial charge in [-0.15, -0.1) is 0 Å². The largest absolute Gasteiger partial charge is 0.340 e. The molecule has 166 valence electrons. The van der Waals surface area contributed by atoms with Crippen molar-refractivity contribution in [2.45, 2.75) is 45.6 Å². The zero-order valence-electron chi connectivity index (χ0n) is 17.5. The van der Waals surface area contributed by atoms with Gasteiger partial charge in [0.05, 0.1) is 10.8 Å². The predicted molar refractivity (Wildman–Crippen MR) is 112 cm³/mol. The summed E-state index contributed by atoms with van der Waals surface area (Å²) in [5.41, 5.74) is -0.303. The highest BCUT2D eigenvalue weighted by Crippen LogP contribution is 2.27. The molecule has 1 aromatic carbocycles. The lowest BCUT2D eigenvalue weighted by Crippen LogP contribution is -2.53. The Morgan fingerprint density at radius 3 is 2.74 bits per heavy atom. The van der Waals surface area contributed by atoms with Gasteiger partial charge in [-0.1, -0.05) is 30.6 Å². The second kappa shape index (κ2) is 9.42. The molecular formula is C20H24ClN5O5. The van der Waals surface area contributed by atoms with E-state index in [0.717, 1.165) is 18.9 Å². The van der Waals surface area contributed by atoms with Crippen molar-refractivity contribution >= 4 is 29.1 Å². The first-order valence-electron chi connectivity index (χ1n) is 10.0. The zero-order chi connectivity index (χ0) is 22.7. The minimum atomic E-state index is -0.787. The molecule has 2 unspecified atom stereocenters. The molecule has 0 bridgehead atoms. The van der Waals surface area contributed by atoms with Crippen LogP contribution in [0.25, 0.3) is 0 Å². The molecular weight excluding hydrogens is 426 g/mol. The van der Waals surface area contributed by atoms with Gasteiger partial charge >= 0.3 is 0 Å². The fourth-order valence-electron chi connectivity index (χ4n) is 3.59. The van der Waals surface area contributed by atoms with Crippen molar-refractivity contribution in [1.29, 1.82) is 0 Å².